The Hall–Kier alpha value is -2.37. The third-order valence-corrected chi connectivity index (χ3v) is 2.40. The summed E-state index contributed by atoms with van der Waals surface area (Å²) in [6, 6.07) is 3.33. The van der Waals surface area contributed by atoms with Gasteiger partial charge in [-0.15, -0.1) is 0 Å². The summed E-state index contributed by atoms with van der Waals surface area (Å²) in [5.41, 5.74) is 0.799. The van der Waals surface area contributed by atoms with Crippen molar-refractivity contribution < 1.29 is 19.4 Å². The van der Waals surface area contributed by atoms with E-state index in [0.29, 0.717) is 5.82 Å². The summed E-state index contributed by atoms with van der Waals surface area (Å²) in [7, 11) is 0. The number of carboxylic acid groups (broad SMARTS) is 1. The molecule has 0 saturated carbocycles. The van der Waals surface area contributed by atoms with Crippen LogP contribution in [0.1, 0.15) is 24.8 Å². The van der Waals surface area contributed by atoms with Crippen molar-refractivity contribution in [2.24, 2.45) is 0 Å². The maximum absolute atomic E-state index is 11.2. The lowest BCUT2D eigenvalue weighted by molar-refractivity contribution is -0.137. The minimum absolute atomic E-state index is 0.0375. The van der Waals surface area contributed by atoms with Crippen molar-refractivity contribution in [1.82, 2.24) is 4.98 Å². The molecule has 6 nitrogen and oxygen atoms in total. The number of amides is 1. The van der Waals surface area contributed by atoms with Crippen LogP contribution in [0.25, 0.3) is 0 Å². The molecule has 1 rings (SSSR count). The Balaban J connectivity index is 2.58. The van der Waals surface area contributed by atoms with Gasteiger partial charge in [-0.05, 0) is 17.5 Å². The summed E-state index contributed by atoms with van der Waals surface area (Å²) in [6.45, 7) is 5.35. The minimum Gasteiger partial charge on any atom is -0.481 e. The van der Waals surface area contributed by atoms with E-state index in [9.17, 15) is 9.59 Å². The smallest absolute Gasteiger partial charge is 0.413 e. The molecular formula is C13H16N2O4. The highest BCUT2D eigenvalue weighted by Gasteiger charge is 2.11. The molecule has 0 aliphatic carbocycles. The van der Waals surface area contributed by atoms with Crippen LogP contribution in [0.2, 0.25) is 0 Å². The van der Waals surface area contributed by atoms with Gasteiger partial charge in [-0.3, -0.25) is 10.1 Å². The van der Waals surface area contributed by atoms with Gasteiger partial charge >= 0.3 is 12.1 Å². The average molecular weight is 264 g/mol. The Morgan fingerprint density at radius 3 is 2.84 bits per heavy atom. The van der Waals surface area contributed by atoms with Crippen molar-refractivity contribution in [3.8, 4) is 0 Å². The summed E-state index contributed by atoms with van der Waals surface area (Å²) < 4.78 is 4.74. The van der Waals surface area contributed by atoms with E-state index in [1.165, 1.54) is 12.3 Å². The van der Waals surface area contributed by atoms with Gasteiger partial charge in [0.1, 0.15) is 12.4 Å². The molecule has 1 amide bonds. The van der Waals surface area contributed by atoms with Crippen LogP contribution >= 0.6 is 0 Å². The fraction of sp³-hybridized carbons (Fsp3) is 0.308. The summed E-state index contributed by atoms with van der Waals surface area (Å²) in [5, 5.41) is 11.1. The normalized spacial score (nSPS) is 11.4. The number of carbonyl (C=O) groups is 2. The Labute approximate surface area is 111 Å². The average Bonchev–Trinajstić information content (AvgIpc) is 2.36. The maximum Gasteiger partial charge on any atom is 0.413 e. The predicted octanol–water partition coefficient (Wildman–Crippen LogP) is 2.39. The Morgan fingerprint density at radius 1 is 1.58 bits per heavy atom. The van der Waals surface area contributed by atoms with Crippen LogP contribution in [-0.2, 0) is 9.53 Å². The van der Waals surface area contributed by atoms with Crippen LogP contribution in [0.5, 0.6) is 0 Å². The minimum atomic E-state index is -0.859. The van der Waals surface area contributed by atoms with Gasteiger partial charge in [-0.1, -0.05) is 25.6 Å². The van der Waals surface area contributed by atoms with E-state index in [1.54, 1.807) is 19.1 Å². The first-order valence-corrected chi connectivity index (χ1v) is 5.75. The first-order chi connectivity index (χ1) is 9.02. The molecule has 0 aliphatic heterocycles. The second-order valence-corrected chi connectivity index (χ2v) is 3.99. The zero-order chi connectivity index (χ0) is 14.3. The molecule has 102 valence electrons. The number of hydrogen-bond donors (Lipinski definition) is 2. The van der Waals surface area contributed by atoms with Crippen LogP contribution in [0.15, 0.2) is 31.0 Å². The van der Waals surface area contributed by atoms with Crippen molar-refractivity contribution in [3.05, 3.63) is 36.5 Å². The van der Waals surface area contributed by atoms with Crippen LogP contribution in [-0.4, -0.2) is 28.8 Å². The van der Waals surface area contributed by atoms with Gasteiger partial charge in [0.25, 0.3) is 0 Å². The van der Waals surface area contributed by atoms with Crippen molar-refractivity contribution in [3.63, 3.8) is 0 Å². The Morgan fingerprint density at radius 2 is 2.32 bits per heavy atom. The van der Waals surface area contributed by atoms with E-state index >= 15 is 0 Å². The largest absolute Gasteiger partial charge is 0.481 e. The monoisotopic (exact) mass is 264 g/mol. The number of carbonyl (C=O) groups excluding carboxylic acids is 1. The standard InChI is InChI=1S/C13H16N2O4/c1-3-6-19-13(18)15-11-5-4-10(8-14-11)9(2)7-12(16)17/h3-5,8-9H,1,6-7H2,2H3,(H,16,17)(H,14,15,18). The number of ether oxygens (including phenoxy) is 1. The SMILES string of the molecule is C=CCOC(=O)Nc1ccc(C(C)CC(=O)O)cn1. The molecule has 1 unspecified atom stereocenters. The van der Waals surface area contributed by atoms with E-state index in [4.69, 9.17) is 9.84 Å². The summed E-state index contributed by atoms with van der Waals surface area (Å²) in [4.78, 5) is 25.9. The highest BCUT2D eigenvalue weighted by atomic mass is 16.5. The molecule has 6 heteroatoms. The molecule has 0 radical (unpaired) electrons. The Kier molecular flexibility index (Phi) is 5.53. The molecule has 0 fully saturated rings. The topological polar surface area (TPSA) is 88.5 Å². The van der Waals surface area contributed by atoms with Crippen LogP contribution in [0.3, 0.4) is 0 Å². The van der Waals surface area contributed by atoms with Crippen molar-refractivity contribution in [1.29, 1.82) is 0 Å². The van der Waals surface area contributed by atoms with E-state index in [0.717, 1.165) is 5.56 Å². The molecule has 0 bridgehead atoms. The number of pyridine rings is 1. The number of anilines is 1. The van der Waals surface area contributed by atoms with Gasteiger partial charge in [-0.25, -0.2) is 9.78 Å². The molecule has 1 atom stereocenters. The number of aromatic nitrogens is 1. The highest BCUT2D eigenvalue weighted by molar-refractivity contribution is 5.83. The molecule has 0 aliphatic rings. The molecule has 0 saturated heterocycles. The van der Waals surface area contributed by atoms with E-state index in [1.807, 2.05) is 0 Å². The summed E-state index contributed by atoms with van der Waals surface area (Å²) >= 11 is 0. The maximum atomic E-state index is 11.2. The number of hydrogen-bond acceptors (Lipinski definition) is 4. The second-order valence-electron chi connectivity index (χ2n) is 3.99. The highest BCUT2D eigenvalue weighted by Crippen LogP contribution is 2.19. The quantitative estimate of drug-likeness (QED) is 0.770. The molecule has 1 aromatic rings. The first-order valence-electron chi connectivity index (χ1n) is 5.75. The molecule has 19 heavy (non-hydrogen) atoms. The van der Waals surface area contributed by atoms with Gasteiger partial charge < -0.3 is 9.84 Å². The number of nitrogens with one attached hydrogen (secondary N) is 1. The van der Waals surface area contributed by atoms with Crippen molar-refractivity contribution in [2.45, 2.75) is 19.3 Å². The van der Waals surface area contributed by atoms with Gasteiger partial charge in [0.05, 0.1) is 6.42 Å². The van der Waals surface area contributed by atoms with Gasteiger partial charge in [0.2, 0.25) is 0 Å². The van der Waals surface area contributed by atoms with Crippen LogP contribution in [0.4, 0.5) is 10.6 Å². The number of rotatable bonds is 6. The third-order valence-electron chi connectivity index (χ3n) is 2.40. The van der Waals surface area contributed by atoms with Gasteiger partial charge in [0.15, 0.2) is 0 Å². The lowest BCUT2D eigenvalue weighted by atomic mass is 10.00. The molecular weight excluding hydrogens is 248 g/mol. The van der Waals surface area contributed by atoms with Gasteiger partial charge in [0, 0.05) is 6.20 Å². The zero-order valence-electron chi connectivity index (χ0n) is 10.6. The molecule has 2 N–H and O–H groups in total. The first kappa shape index (κ1) is 14.7. The Bertz CT molecular complexity index is 456. The fourth-order valence-corrected chi connectivity index (χ4v) is 1.43. The lowest BCUT2D eigenvalue weighted by Gasteiger charge is -2.09. The molecule has 1 heterocycles. The number of aliphatic carboxylic acids is 1. The summed E-state index contributed by atoms with van der Waals surface area (Å²) in [5.74, 6) is -0.644. The number of carboxylic acids is 1. The summed E-state index contributed by atoms with van der Waals surface area (Å²) in [6.07, 6.45) is 2.43. The lowest BCUT2D eigenvalue weighted by Crippen LogP contribution is -2.14. The molecule has 1 aromatic heterocycles. The van der Waals surface area contributed by atoms with E-state index in [-0.39, 0.29) is 18.9 Å². The van der Waals surface area contributed by atoms with Crippen molar-refractivity contribution in [2.75, 3.05) is 11.9 Å². The zero-order valence-corrected chi connectivity index (χ0v) is 10.6. The fourth-order valence-electron chi connectivity index (χ4n) is 1.43. The second kappa shape index (κ2) is 7.15. The van der Waals surface area contributed by atoms with Crippen LogP contribution < -0.4 is 5.32 Å². The van der Waals surface area contributed by atoms with Gasteiger partial charge in [-0.2, -0.15) is 0 Å². The number of nitrogens with zero attached hydrogens (tertiary/aromatic N) is 1. The van der Waals surface area contributed by atoms with E-state index in [2.05, 4.69) is 16.9 Å². The van der Waals surface area contributed by atoms with Crippen LogP contribution in [0, 0.1) is 0 Å². The molecule has 0 spiro atoms. The molecule has 0 aromatic carbocycles. The third kappa shape index (κ3) is 5.20. The van der Waals surface area contributed by atoms with Crippen molar-refractivity contribution >= 4 is 17.9 Å². The predicted molar refractivity (Wildman–Crippen MR) is 70.1 cm³/mol. The van der Waals surface area contributed by atoms with E-state index < -0.39 is 12.1 Å².